The number of fused-ring (bicyclic) bond motifs is 1. The van der Waals surface area contributed by atoms with Crippen LogP contribution in [0.1, 0.15) is 24.4 Å². The fourth-order valence-corrected chi connectivity index (χ4v) is 3.27. The SMILES string of the molecule is CCOc1ccc2[nH]c(=O)c(CN3CCOC(c4nnn(C)n4)C3)cc2c1. The Morgan fingerprint density at radius 1 is 1.37 bits per heavy atom. The molecular formula is C18H22N6O3. The number of aryl methyl sites for hydroxylation is 1. The summed E-state index contributed by atoms with van der Waals surface area (Å²) in [4.78, 5) is 19.0. The first-order valence-electron chi connectivity index (χ1n) is 8.99. The van der Waals surface area contributed by atoms with Crippen molar-refractivity contribution < 1.29 is 9.47 Å². The van der Waals surface area contributed by atoms with E-state index in [0.717, 1.165) is 23.2 Å². The summed E-state index contributed by atoms with van der Waals surface area (Å²) < 4.78 is 11.3. The Morgan fingerprint density at radius 3 is 3.04 bits per heavy atom. The molecule has 1 atom stereocenters. The highest BCUT2D eigenvalue weighted by atomic mass is 16.5. The summed E-state index contributed by atoms with van der Waals surface area (Å²) in [6.45, 7) is 5.00. The van der Waals surface area contributed by atoms with Crippen LogP contribution >= 0.6 is 0 Å². The van der Waals surface area contributed by atoms with Crippen LogP contribution in [0.5, 0.6) is 5.75 Å². The van der Waals surface area contributed by atoms with Gasteiger partial charge < -0.3 is 14.5 Å². The highest BCUT2D eigenvalue weighted by Gasteiger charge is 2.26. The van der Waals surface area contributed by atoms with Gasteiger partial charge >= 0.3 is 0 Å². The molecule has 3 aromatic rings. The number of ether oxygens (including phenoxy) is 2. The van der Waals surface area contributed by atoms with E-state index in [9.17, 15) is 4.79 Å². The summed E-state index contributed by atoms with van der Waals surface area (Å²) in [5.41, 5.74) is 1.44. The van der Waals surface area contributed by atoms with Crippen molar-refractivity contribution in [1.82, 2.24) is 30.1 Å². The molecule has 0 spiro atoms. The minimum absolute atomic E-state index is 0.0765. The number of pyridine rings is 1. The van der Waals surface area contributed by atoms with Gasteiger partial charge in [-0.05, 0) is 36.4 Å². The van der Waals surface area contributed by atoms with Crippen LogP contribution in [0.2, 0.25) is 0 Å². The van der Waals surface area contributed by atoms with Crippen molar-refractivity contribution in [3.05, 3.63) is 46.0 Å². The van der Waals surface area contributed by atoms with E-state index in [1.165, 1.54) is 4.80 Å². The second kappa shape index (κ2) is 7.45. The van der Waals surface area contributed by atoms with Gasteiger partial charge in [-0.15, -0.1) is 10.2 Å². The largest absolute Gasteiger partial charge is 0.494 e. The molecule has 4 rings (SSSR count). The van der Waals surface area contributed by atoms with Gasteiger partial charge in [0.05, 0.1) is 20.3 Å². The Kier molecular flexibility index (Phi) is 4.87. The van der Waals surface area contributed by atoms with Gasteiger partial charge in [-0.1, -0.05) is 0 Å². The number of hydrogen-bond acceptors (Lipinski definition) is 7. The molecule has 0 saturated carbocycles. The number of benzene rings is 1. The summed E-state index contributed by atoms with van der Waals surface area (Å²) in [6, 6.07) is 7.61. The zero-order chi connectivity index (χ0) is 18.8. The number of tetrazole rings is 1. The predicted octanol–water partition coefficient (Wildman–Crippen LogP) is 1.02. The minimum Gasteiger partial charge on any atom is -0.494 e. The lowest BCUT2D eigenvalue weighted by Crippen LogP contribution is -2.39. The van der Waals surface area contributed by atoms with Crippen LogP contribution in [0.15, 0.2) is 29.1 Å². The lowest BCUT2D eigenvalue weighted by molar-refractivity contribution is -0.0374. The van der Waals surface area contributed by atoms with Crippen LogP contribution in [0.3, 0.4) is 0 Å². The molecule has 2 aromatic heterocycles. The molecule has 9 heteroatoms. The average Bonchev–Trinajstić information content (AvgIpc) is 3.10. The molecule has 27 heavy (non-hydrogen) atoms. The summed E-state index contributed by atoms with van der Waals surface area (Å²) in [6.07, 6.45) is -0.239. The Morgan fingerprint density at radius 2 is 2.26 bits per heavy atom. The number of nitrogens with one attached hydrogen (secondary N) is 1. The molecule has 0 bridgehead atoms. The third-order valence-electron chi connectivity index (χ3n) is 4.56. The number of nitrogens with zero attached hydrogens (tertiary/aromatic N) is 5. The molecule has 1 unspecified atom stereocenters. The van der Waals surface area contributed by atoms with Gasteiger partial charge in [-0.2, -0.15) is 4.80 Å². The molecule has 1 aliphatic heterocycles. The van der Waals surface area contributed by atoms with Gasteiger partial charge in [0, 0.05) is 36.1 Å². The van der Waals surface area contributed by atoms with Crippen molar-refractivity contribution in [1.29, 1.82) is 0 Å². The highest BCUT2D eigenvalue weighted by molar-refractivity contribution is 5.80. The maximum atomic E-state index is 12.5. The van der Waals surface area contributed by atoms with Gasteiger partial charge in [-0.25, -0.2) is 0 Å². The lowest BCUT2D eigenvalue weighted by Gasteiger charge is -2.31. The zero-order valence-electron chi connectivity index (χ0n) is 15.4. The van der Waals surface area contributed by atoms with Crippen LogP contribution < -0.4 is 10.3 Å². The van der Waals surface area contributed by atoms with Crippen LogP contribution in [0.4, 0.5) is 0 Å². The predicted molar refractivity (Wildman–Crippen MR) is 98.5 cm³/mol. The number of hydrogen-bond donors (Lipinski definition) is 1. The molecule has 142 valence electrons. The molecule has 1 saturated heterocycles. The van der Waals surface area contributed by atoms with Crippen molar-refractivity contribution in [2.75, 3.05) is 26.3 Å². The van der Waals surface area contributed by atoms with Crippen molar-refractivity contribution in [3.63, 3.8) is 0 Å². The number of H-pyrrole nitrogens is 1. The van der Waals surface area contributed by atoms with E-state index >= 15 is 0 Å². The van der Waals surface area contributed by atoms with E-state index < -0.39 is 0 Å². The molecule has 0 amide bonds. The van der Waals surface area contributed by atoms with Crippen LogP contribution in [-0.2, 0) is 18.3 Å². The number of aromatic nitrogens is 5. The lowest BCUT2D eigenvalue weighted by atomic mass is 10.1. The first-order valence-corrected chi connectivity index (χ1v) is 8.99. The third kappa shape index (κ3) is 3.83. The smallest absolute Gasteiger partial charge is 0.252 e. The maximum absolute atomic E-state index is 12.5. The van der Waals surface area contributed by atoms with Gasteiger partial charge in [0.15, 0.2) is 0 Å². The summed E-state index contributed by atoms with van der Waals surface area (Å²) in [7, 11) is 1.72. The topological polar surface area (TPSA) is 98.2 Å². The molecule has 1 aromatic carbocycles. The summed E-state index contributed by atoms with van der Waals surface area (Å²) in [5.74, 6) is 1.36. The second-order valence-corrected chi connectivity index (χ2v) is 6.54. The van der Waals surface area contributed by atoms with Gasteiger partial charge in [0.1, 0.15) is 11.9 Å². The van der Waals surface area contributed by atoms with Gasteiger partial charge in [0.2, 0.25) is 5.82 Å². The molecule has 0 radical (unpaired) electrons. The molecule has 0 aliphatic carbocycles. The van der Waals surface area contributed by atoms with Crippen LogP contribution in [-0.4, -0.2) is 56.4 Å². The normalized spacial score (nSPS) is 18.1. The van der Waals surface area contributed by atoms with E-state index in [1.54, 1.807) is 7.05 Å². The fourth-order valence-electron chi connectivity index (χ4n) is 3.27. The fraction of sp³-hybridized carbons (Fsp3) is 0.444. The average molecular weight is 370 g/mol. The monoisotopic (exact) mass is 370 g/mol. The van der Waals surface area contributed by atoms with E-state index in [4.69, 9.17) is 9.47 Å². The standard InChI is InChI=1S/C18H22N6O3/c1-3-26-14-4-5-15-12(9-14)8-13(18(25)19-15)10-24-6-7-27-16(11-24)17-20-22-23(2)21-17/h4-5,8-9,16H,3,6-7,10-11H2,1-2H3,(H,19,25). The maximum Gasteiger partial charge on any atom is 0.252 e. The zero-order valence-corrected chi connectivity index (χ0v) is 15.4. The second-order valence-electron chi connectivity index (χ2n) is 6.54. The van der Waals surface area contributed by atoms with E-state index in [1.807, 2.05) is 31.2 Å². The van der Waals surface area contributed by atoms with Crippen LogP contribution in [0, 0.1) is 0 Å². The highest BCUT2D eigenvalue weighted by Crippen LogP contribution is 2.22. The molecule has 3 heterocycles. The van der Waals surface area contributed by atoms with Crippen molar-refractivity contribution in [2.45, 2.75) is 19.6 Å². The van der Waals surface area contributed by atoms with E-state index in [0.29, 0.717) is 37.7 Å². The van der Waals surface area contributed by atoms with Crippen molar-refractivity contribution >= 4 is 10.9 Å². The first-order chi connectivity index (χ1) is 13.1. The number of rotatable bonds is 5. The van der Waals surface area contributed by atoms with Crippen molar-refractivity contribution in [2.24, 2.45) is 7.05 Å². The Hall–Kier alpha value is -2.78. The minimum atomic E-state index is -0.239. The molecule has 9 nitrogen and oxygen atoms in total. The molecule has 1 aliphatic rings. The molecule has 1 fully saturated rings. The molecule has 1 N–H and O–H groups in total. The quantitative estimate of drug-likeness (QED) is 0.716. The summed E-state index contributed by atoms with van der Waals surface area (Å²) in [5, 5.41) is 13.1. The van der Waals surface area contributed by atoms with Crippen molar-refractivity contribution in [3.8, 4) is 5.75 Å². The number of morpholine rings is 1. The first kappa shape index (κ1) is 17.6. The van der Waals surface area contributed by atoms with Gasteiger partial charge in [0.25, 0.3) is 5.56 Å². The Balaban J connectivity index is 1.54. The van der Waals surface area contributed by atoms with E-state index in [-0.39, 0.29) is 11.7 Å². The Bertz CT molecular complexity index is 998. The number of aromatic amines is 1. The van der Waals surface area contributed by atoms with E-state index in [2.05, 4.69) is 25.3 Å². The van der Waals surface area contributed by atoms with Crippen LogP contribution in [0.25, 0.3) is 10.9 Å². The van der Waals surface area contributed by atoms with Gasteiger partial charge in [-0.3, -0.25) is 9.69 Å². The third-order valence-corrected chi connectivity index (χ3v) is 4.56. The summed E-state index contributed by atoms with van der Waals surface area (Å²) >= 11 is 0. The molecular weight excluding hydrogens is 348 g/mol. The Labute approximate surface area is 155 Å².